The number of aryl methyl sites for hydroxylation is 1. The molecule has 0 spiro atoms. The van der Waals surface area contributed by atoms with Crippen molar-refractivity contribution in [3.8, 4) is 0 Å². The van der Waals surface area contributed by atoms with Gasteiger partial charge in [0.05, 0.1) is 12.2 Å². The molecule has 1 atom stereocenters. The minimum absolute atomic E-state index is 0.0549. The SMILES string of the molecule is Cc1ccc(N(C)CCNC(=O)C2CCCN(S(C)(=O)=O)C2)cc1. The van der Waals surface area contributed by atoms with Gasteiger partial charge in [-0.2, -0.15) is 0 Å². The number of carbonyl (C=O) groups is 1. The second-order valence-corrected chi connectivity index (χ2v) is 8.49. The summed E-state index contributed by atoms with van der Waals surface area (Å²) in [7, 11) is -1.23. The molecule has 1 aromatic carbocycles. The fourth-order valence-electron chi connectivity index (χ4n) is 2.88. The predicted molar refractivity (Wildman–Crippen MR) is 96.6 cm³/mol. The molecule has 1 fully saturated rings. The molecule has 7 heteroatoms. The van der Waals surface area contributed by atoms with Crippen LogP contribution >= 0.6 is 0 Å². The highest BCUT2D eigenvalue weighted by Gasteiger charge is 2.29. The number of piperidine rings is 1. The Morgan fingerprint density at radius 2 is 2.00 bits per heavy atom. The molecule has 1 heterocycles. The fourth-order valence-corrected chi connectivity index (χ4v) is 3.79. The van der Waals surface area contributed by atoms with Crippen LogP contribution in [0.3, 0.4) is 0 Å². The lowest BCUT2D eigenvalue weighted by Crippen LogP contribution is -2.46. The first-order valence-corrected chi connectivity index (χ1v) is 10.1. The van der Waals surface area contributed by atoms with Crippen molar-refractivity contribution >= 4 is 21.6 Å². The van der Waals surface area contributed by atoms with Crippen molar-refractivity contribution in [2.75, 3.05) is 44.4 Å². The molecule has 134 valence electrons. The van der Waals surface area contributed by atoms with E-state index in [-0.39, 0.29) is 11.8 Å². The normalized spacial score (nSPS) is 19.0. The van der Waals surface area contributed by atoms with E-state index in [1.807, 2.05) is 14.0 Å². The molecule has 1 aliphatic heterocycles. The minimum Gasteiger partial charge on any atom is -0.373 e. The first-order valence-electron chi connectivity index (χ1n) is 8.28. The molecule has 0 aromatic heterocycles. The van der Waals surface area contributed by atoms with Crippen LogP contribution in [-0.4, -0.2) is 58.1 Å². The van der Waals surface area contributed by atoms with E-state index in [1.54, 1.807) is 0 Å². The van der Waals surface area contributed by atoms with Crippen LogP contribution in [-0.2, 0) is 14.8 Å². The van der Waals surface area contributed by atoms with Crippen LogP contribution in [0.15, 0.2) is 24.3 Å². The number of rotatable bonds is 6. The summed E-state index contributed by atoms with van der Waals surface area (Å²) in [5, 5.41) is 2.93. The number of anilines is 1. The Hall–Kier alpha value is -1.60. The summed E-state index contributed by atoms with van der Waals surface area (Å²) < 4.78 is 24.7. The molecule has 0 saturated carbocycles. The Morgan fingerprint density at radius 3 is 2.62 bits per heavy atom. The van der Waals surface area contributed by atoms with Crippen molar-refractivity contribution in [3.63, 3.8) is 0 Å². The number of likely N-dealkylation sites (N-methyl/N-ethyl adjacent to an activating group) is 1. The van der Waals surface area contributed by atoms with Gasteiger partial charge in [-0.15, -0.1) is 0 Å². The van der Waals surface area contributed by atoms with Crippen LogP contribution in [0.25, 0.3) is 0 Å². The van der Waals surface area contributed by atoms with Gasteiger partial charge >= 0.3 is 0 Å². The summed E-state index contributed by atoms with van der Waals surface area (Å²) in [6, 6.07) is 8.24. The molecule has 1 amide bonds. The average molecular weight is 353 g/mol. The standard InChI is InChI=1S/C17H27N3O3S/c1-14-6-8-16(9-7-14)19(2)12-10-18-17(21)15-5-4-11-20(13-15)24(3,22)23/h6-9,15H,4-5,10-13H2,1-3H3,(H,18,21). The van der Waals surface area contributed by atoms with E-state index >= 15 is 0 Å². The van der Waals surface area contributed by atoms with Crippen molar-refractivity contribution in [3.05, 3.63) is 29.8 Å². The van der Waals surface area contributed by atoms with Gasteiger partial charge in [-0.3, -0.25) is 4.79 Å². The van der Waals surface area contributed by atoms with Gasteiger partial charge in [0, 0.05) is 38.9 Å². The number of amides is 1. The minimum atomic E-state index is -3.22. The van der Waals surface area contributed by atoms with Gasteiger partial charge in [0.15, 0.2) is 0 Å². The molecular formula is C17H27N3O3S. The highest BCUT2D eigenvalue weighted by atomic mass is 32.2. The maximum absolute atomic E-state index is 12.3. The molecule has 1 N–H and O–H groups in total. The summed E-state index contributed by atoms with van der Waals surface area (Å²) in [4.78, 5) is 14.4. The lowest BCUT2D eigenvalue weighted by atomic mass is 9.99. The average Bonchev–Trinajstić information content (AvgIpc) is 2.54. The first-order chi connectivity index (χ1) is 11.3. The monoisotopic (exact) mass is 353 g/mol. The molecule has 1 saturated heterocycles. The Kier molecular flexibility index (Phi) is 6.23. The van der Waals surface area contributed by atoms with Crippen LogP contribution in [0.2, 0.25) is 0 Å². The zero-order valence-corrected chi connectivity index (χ0v) is 15.5. The molecule has 1 aromatic rings. The van der Waals surface area contributed by atoms with Gasteiger partial charge in [-0.05, 0) is 31.9 Å². The van der Waals surface area contributed by atoms with Crippen LogP contribution in [0, 0.1) is 12.8 Å². The lowest BCUT2D eigenvalue weighted by molar-refractivity contribution is -0.125. The molecule has 0 aliphatic carbocycles. The van der Waals surface area contributed by atoms with Crippen molar-refractivity contribution in [1.29, 1.82) is 0 Å². The van der Waals surface area contributed by atoms with Crippen LogP contribution in [0.1, 0.15) is 18.4 Å². The van der Waals surface area contributed by atoms with Crippen molar-refractivity contribution in [2.45, 2.75) is 19.8 Å². The maximum atomic E-state index is 12.3. The van der Waals surface area contributed by atoms with Gasteiger partial charge in [-0.25, -0.2) is 12.7 Å². The van der Waals surface area contributed by atoms with Crippen LogP contribution in [0.5, 0.6) is 0 Å². The second kappa shape index (κ2) is 7.98. The van der Waals surface area contributed by atoms with Gasteiger partial charge in [0.25, 0.3) is 0 Å². The zero-order valence-electron chi connectivity index (χ0n) is 14.7. The Balaban J connectivity index is 1.79. The van der Waals surface area contributed by atoms with Crippen LogP contribution in [0.4, 0.5) is 5.69 Å². The summed E-state index contributed by atoms with van der Waals surface area (Å²) in [6.45, 7) is 4.10. The zero-order chi connectivity index (χ0) is 17.7. The molecule has 6 nitrogen and oxygen atoms in total. The fraction of sp³-hybridized carbons (Fsp3) is 0.588. The topological polar surface area (TPSA) is 69.7 Å². The number of sulfonamides is 1. The van der Waals surface area contributed by atoms with Crippen molar-refractivity contribution in [2.24, 2.45) is 5.92 Å². The third-order valence-electron chi connectivity index (χ3n) is 4.45. The lowest BCUT2D eigenvalue weighted by Gasteiger charge is -2.30. The van der Waals surface area contributed by atoms with Crippen molar-refractivity contribution < 1.29 is 13.2 Å². The van der Waals surface area contributed by atoms with Crippen LogP contribution < -0.4 is 10.2 Å². The van der Waals surface area contributed by atoms with E-state index in [1.165, 1.54) is 16.1 Å². The number of carbonyl (C=O) groups excluding carboxylic acids is 1. The Morgan fingerprint density at radius 1 is 1.33 bits per heavy atom. The Labute approximate surface area is 144 Å². The number of nitrogens with one attached hydrogen (secondary N) is 1. The number of hydrogen-bond donors (Lipinski definition) is 1. The third-order valence-corrected chi connectivity index (χ3v) is 5.71. The van der Waals surface area contributed by atoms with E-state index in [4.69, 9.17) is 0 Å². The quantitative estimate of drug-likeness (QED) is 0.835. The van der Waals surface area contributed by atoms with E-state index in [2.05, 4.69) is 34.5 Å². The van der Waals surface area contributed by atoms with Gasteiger partial charge in [0.2, 0.25) is 15.9 Å². The largest absolute Gasteiger partial charge is 0.373 e. The van der Waals surface area contributed by atoms with E-state index in [9.17, 15) is 13.2 Å². The summed E-state index contributed by atoms with van der Waals surface area (Å²) in [5.41, 5.74) is 2.32. The molecule has 0 bridgehead atoms. The maximum Gasteiger partial charge on any atom is 0.224 e. The summed E-state index contributed by atoms with van der Waals surface area (Å²) >= 11 is 0. The molecule has 2 rings (SSSR count). The number of hydrogen-bond acceptors (Lipinski definition) is 4. The number of benzene rings is 1. The molecule has 1 unspecified atom stereocenters. The molecular weight excluding hydrogens is 326 g/mol. The molecule has 24 heavy (non-hydrogen) atoms. The summed E-state index contributed by atoms with van der Waals surface area (Å²) in [5.74, 6) is -0.307. The highest BCUT2D eigenvalue weighted by Crippen LogP contribution is 2.18. The van der Waals surface area contributed by atoms with E-state index < -0.39 is 10.0 Å². The van der Waals surface area contributed by atoms with E-state index in [0.29, 0.717) is 26.2 Å². The Bertz CT molecular complexity index is 658. The molecule has 0 radical (unpaired) electrons. The highest BCUT2D eigenvalue weighted by molar-refractivity contribution is 7.88. The van der Waals surface area contributed by atoms with Crippen molar-refractivity contribution in [1.82, 2.24) is 9.62 Å². The summed E-state index contributed by atoms with van der Waals surface area (Å²) in [6.07, 6.45) is 2.67. The predicted octanol–water partition coefficient (Wildman–Crippen LogP) is 1.22. The second-order valence-electron chi connectivity index (χ2n) is 6.51. The molecule has 1 aliphatic rings. The van der Waals surface area contributed by atoms with Gasteiger partial charge in [0.1, 0.15) is 0 Å². The smallest absolute Gasteiger partial charge is 0.224 e. The van der Waals surface area contributed by atoms with Gasteiger partial charge in [-0.1, -0.05) is 17.7 Å². The first kappa shape index (κ1) is 18.7. The van der Waals surface area contributed by atoms with Gasteiger partial charge < -0.3 is 10.2 Å². The third kappa shape index (κ3) is 5.21. The number of nitrogens with zero attached hydrogens (tertiary/aromatic N) is 2. The van der Waals surface area contributed by atoms with E-state index in [0.717, 1.165) is 18.5 Å².